The van der Waals surface area contributed by atoms with Crippen LogP contribution in [-0.4, -0.2) is 21.1 Å². The Bertz CT molecular complexity index is 813. The van der Waals surface area contributed by atoms with Crippen molar-refractivity contribution in [3.8, 4) is 0 Å². The average Bonchev–Trinajstić information content (AvgIpc) is 2.72. The van der Waals surface area contributed by atoms with Crippen LogP contribution in [-0.2, 0) is 16.6 Å². The standard InChI is InChI=1S/C15H15N3O3/c1-3-10-6-4-7-11-14(10)16(2)15(21)17(11)18-12(19)8-5-9-13(18)20/h3-4,6-7H,1,5,8-9H2,2H3. The fourth-order valence-corrected chi connectivity index (χ4v) is 2.75. The van der Waals surface area contributed by atoms with E-state index in [0.717, 1.165) is 10.6 Å². The Morgan fingerprint density at radius 3 is 2.43 bits per heavy atom. The Labute approximate surface area is 120 Å². The highest BCUT2D eigenvalue weighted by Gasteiger charge is 2.31. The second-order valence-electron chi connectivity index (χ2n) is 5.03. The molecule has 6 heteroatoms. The van der Waals surface area contributed by atoms with Crippen LogP contribution in [0.5, 0.6) is 0 Å². The van der Waals surface area contributed by atoms with E-state index in [-0.39, 0.29) is 24.7 Å². The number of nitrogens with zero attached hydrogens (tertiary/aromatic N) is 3. The summed E-state index contributed by atoms with van der Waals surface area (Å²) in [6.45, 7) is 3.73. The molecule has 2 amide bonds. The first kappa shape index (κ1) is 13.4. The number of amides is 2. The molecule has 1 aromatic heterocycles. The molecule has 0 radical (unpaired) electrons. The van der Waals surface area contributed by atoms with Crippen LogP contribution in [0.3, 0.4) is 0 Å². The van der Waals surface area contributed by atoms with Crippen molar-refractivity contribution in [1.82, 2.24) is 9.24 Å². The first-order valence-electron chi connectivity index (χ1n) is 6.75. The lowest BCUT2D eigenvalue weighted by Crippen LogP contribution is -2.52. The van der Waals surface area contributed by atoms with E-state index < -0.39 is 5.69 Å². The number of hydrogen-bond donors (Lipinski definition) is 0. The van der Waals surface area contributed by atoms with Crippen LogP contribution in [0.4, 0.5) is 0 Å². The van der Waals surface area contributed by atoms with Gasteiger partial charge in [-0.3, -0.25) is 14.2 Å². The predicted molar refractivity (Wildman–Crippen MR) is 79.4 cm³/mol. The molecule has 1 aliphatic heterocycles. The van der Waals surface area contributed by atoms with E-state index in [4.69, 9.17) is 0 Å². The molecule has 2 heterocycles. The summed E-state index contributed by atoms with van der Waals surface area (Å²) in [6.07, 6.45) is 2.73. The molecule has 21 heavy (non-hydrogen) atoms. The monoisotopic (exact) mass is 285 g/mol. The fraction of sp³-hybridized carbons (Fsp3) is 0.267. The molecule has 3 rings (SSSR count). The van der Waals surface area contributed by atoms with E-state index in [0.29, 0.717) is 17.5 Å². The molecule has 1 aliphatic rings. The average molecular weight is 285 g/mol. The first-order chi connectivity index (χ1) is 10.1. The number of piperidine rings is 1. The van der Waals surface area contributed by atoms with Crippen LogP contribution in [0.2, 0.25) is 0 Å². The number of carbonyl (C=O) groups is 2. The molecule has 108 valence electrons. The third kappa shape index (κ3) is 1.83. The number of para-hydroxylation sites is 1. The number of imidazole rings is 1. The van der Waals surface area contributed by atoms with Gasteiger partial charge >= 0.3 is 5.69 Å². The molecule has 2 aromatic rings. The third-order valence-electron chi connectivity index (χ3n) is 3.75. The van der Waals surface area contributed by atoms with Gasteiger partial charge in [-0.05, 0) is 18.1 Å². The SMILES string of the molecule is C=Cc1cccc2c1n(C)c(=O)n2N1C(=O)CCCC1=O. The molecule has 0 unspecified atom stereocenters. The molecular formula is C15H15N3O3. The zero-order valence-corrected chi connectivity index (χ0v) is 11.7. The van der Waals surface area contributed by atoms with Crippen LogP contribution in [0.15, 0.2) is 29.6 Å². The molecular weight excluding hydrogens is 270 g/mol. The van der Waals surface area contributed by atoms with Crippen molar-refractivity contribution in [3.05, 3.63) is 40.8 Å². The Kier molecular flexibility index (Phi) is 3.01. The van der Waals surface area contributed by atoms with E-state index in [9.17, 15) is 14.4 Å². The van der Waals surface area contributed by atoms with Crippen molar-refractivity contribution in [1.29, 1.82) is 0 Å². The van der Waals surface area contributed by atoms with E-state index in [1.165, 1.54) is 9.24 Å². The van der Waals surface area contributed by atoms with Gasteiger partial charge < -0.3 is 0 Å². The summed E-state index contributed by atoms with van der Waals surface area (Å²) in [7, 11) is 1.62. The van der Waals surface area contributed by atoms with Crippen molar-refractivity contribution >= 4 is 28.9 Å². The number of hydrogen-bond acceptors (Lipinski definition) is 3. The second kappa shape index (κ2) is 4.73. The first-order valence-corrected chi connectivity index (χ1v) is 6.75. The van der Waals surface area contributed by atoms with Crippen molar-refractivity contribution in [3.63, 3.8) is 0 Å². The summed E-state index contributed by atoms with van der Waals surface area (Å²) in [5, 5.41) is 0.973. The molecule has 0 spiro atoms. The van der Waals surface area contributed by atoms with Gasteiger partial charge in [0.2, 0.25) is 11.8 Å². The number of benzene rings is 1. The molecule has 0 N–H and O–H groups in total. The summed E-state index contributed by atoms with van der Waals surface area (Å²) in [5.41, 5.74) is 1.55. The number of aromatic nitrogens is 2. The fourth-order valence-electron chi connectivity index (χ4n) is 2.75. The molecule has 0 atom stereocenters. The highest BCUT2D eigenvalue weighted by atomic mass is 16.2. The highest BCUT2D eigenvalue weighted by Crippen LogP contribution is 2.20. The summed E-state index contributed by atoms with van der Waals surface area (Å²) < 4.78 is 2.60. The van der Waals surface area contributed by atoms with E-state index >= 15 is 0 Å². The van der Waals surface area contributed by atoms with Gasteiger partial charge in [0.1, 0.15) is 0 Å². The van der Waals surface area contributed by atoms with Gasteiger partial charge in [0.05, 0.1) is 11.0 Å². The number of fused-ring (bicyclic) bond motifs is 1. The normalized spacial score (nSPS) is 15.8. The van der Waals surface area contributed by atoms with Crippen LogP contribution in [0.25, 0.3) is 17.1 Å². The van der Waals surface area contributed by atoms with Gasteiger partial charge in [-0.2, -0.15) is 9.69 Å². The maximum Gasteiger partial charge on any atom is 0.348 e. The Balaban J connectivity index is 2.36. The van der Waals surface area contributed by atoms with Crippen molar-refractivity contribution in [2.24, 2.45) is 7.05 Å². The third-order valence-corrected chi connectivity index (χ3v) is 3.75. The number of rotatable bonds is 2. The van der Waals surface area contributed by atoms with Crippen LogP contribution < -0.4 is 10.7 Å². The minimum Gasteiger partial charge on any atom is -0.293 e. The predicted octanol–water partition coefficient (Wildman–Crippen LogP) is 1.16. The van der Waals surface area contributed by atoms with Gasteiger partial charge in [-0.15, -0.1) is 0 Å². The minimum absolute atomic E-state index is 0.274. The maximum absolute atomic E-state index is 12.5. The largest absolute Gasteiger partial charge is 0.348 e. The van der Waals surface area contributed by atoms with Gasteiger partial charge in [0, 0.05) is 19.9 Å². The van der Waals surface area contributed by atoms with E-state index in [2.05, 4.69) is 6.58 Å². The molecule has 1 fully saturated rings. The summed E-state index contributed by atoms with van der Waals surface area (Å²) in [6, 6.07) is 5.33. The summed E-state index contributed by atoms with van der Waals surface area (Å²) in [4.78, 5) is 36.7. The summed E-state index contributed by atoms with van der Waals surface area (Å²) in [5.74, 6) is -0.685. The molecule has 0 bridgehead atoms. The number of imide groups is 1. The van der Waals surface area contributed by atoms with Crippen LogP contribution in [0.1, 0.15) is 24.8 Å². The quantitative estimate of drug-likeness (QED) is 0.778. The Morgan fingerprint density at radius 2 is 1.81 bits per heavy atom. The van der Waals surface area contributed by atoms with Gasteiger partial charge in [0.15, 0.2) is 0 Å². The lowest BCUT2D eigenvalue weighted by molar-refractivity contribution is -0.131. The molecule has 0 saturated carbocycles. The Morgan fingerprint density at radius 1 is 1.14 bits per heavy atom. The van der Waals surface area contributed by atoms with Gasteiger partial charge in [0.25, 0.3) is 0 Å². The second-order valence-corrected chi connectivity index (χ2v) is 5.03. The molecule has 0 aliphatic carbocycles. The zero-order chi connectivity index (χ0) is 15.1. The van der Waals surface area contributed by atoms with Gasteiger partial charge in [-0.1, -0.05) is 24.8 Å². The zero-order valence-electron chi connectivity index (χ0n) is 11.7. The minimum atomic E-state index is -0.414. The van der Waals surface area contributed by atoms with Gasteiger partial charge in [-0.25, -0.2) is 4.79 Å². The molecule has 1 aromatic carbocycles. The van der Waals surface area contributed by atoms with Crippen LogP contribution >= 0.6 is 0 Å². The highest BCUT2D eigenvalue weighted by molar-refractivity contribution is 6.11. The molecule has 6 nitrogen and oxygen atoms in total. The Hall–Kier alpha value is -2.63. The smallest absolute Gasteiger partial charge is 0.293 e. The van der Waals surface area contributed by atoms with Crippen molar-refractivity contribution in [2.75, 3.05) is 5.01 Å². The topological polar surface area (TPSA) is 64.3 Å². The van der Waals surface area contributed by atoms with Crippen molar-refractivity contribution in [2.45, 2.75) is 19.3 Å². The van der Waals surface area contributed by atoms with Crippen LogP contribution in [0, 0.1) is 0 Å². The van der Waals surface area contributed by atoms with E-state index in [1.54, 1.807) is 25.3 Å². The molecule has 1 saturated heterocycles. The van der Waals surface area contributed by atoms with E-state index in [1.807, 2.05) is 6.07 Å². The number of aryl methyl sites for hydroxylation is 1. The maximum atomic E-state index is 12.5. The number of carbonyl (C=O) groups excluding carboxylic acids is 2. The summed E-state index contributed by atoms with van der Waals surface area (Å²) >= 11 is 0. The van der Waals surface area contributed by atoms with Crippen molar-refractivity contribution < 1.29 is 9.59 Å². The lowest BCUT2D eigenvalue weighted by atomic mass is 10.1. The lowest BCUT2D eigenvalue weighted by Gasteiger charge is -2.25.